The van der Waals surface area contributed by atoms with Crippen LogP contribution >= 0.6 is 11.6 Å². The number of aromatic nitrogens is 2. The molecule has 0 radical (unpaired) electrons. The number of fused-ring (bicyclic) bond motifs is 1. The molecule has 9 heteroatoms. The van der Waals surface area contributed by atoms with E-state index in [0.29, 0.717) is 29.5 Å². The second-order valence-corrected chi connectivity index (χ2v) is 10.1. The van der Waals surface area contributed by atoms with Gasteiger partial charge in [-0.3, -0.25) is 9.59 Å². The summed E-state index contributed by atoms with van der Waals surface area (Å²) in [4.78, 5) is 37.7. The van der Waals surface area contributed by atoms with Crippen LogP contribution in [0.25, 0.3) is 11.0 Å². The van der Waals surface area contributed by atoms with Gasteiger partial charge in [0.2, 0.25) is 5.91 Å². The fourth-order valence-electron chi connectivity index (χ4n) is 4.97. The first-order valence-corrected chi connectivity index (χ1v) is 12.8. The van der Waals surface area contributed by atoms with Crippen LogP contribution in [0.1, 0.15) is 41.6 Å². The molecule has 0 spiro atoms. The lowest BCUT2D eigenvalue weighted by atomic mass is 9.95. The Morgan fingerprint density at radius 3 is 2.75 bits per heavy atom. The summed E-state index contributed by atoms with van der Waals surface area (Å²) in [7, 11) is 0. The van der Waals surface area contributed by atoms with E-state index in [0.717, 1.165) is 48.9 Å². The summed E-state index contributed by atoms with van der Waals surface area (Å²) in [6.07, 6.45) is 4.94. The van der Waals surface area contributed by atoms with Gasteiger partial charge in [-0.05, 0) is 68.1 Å². The number of nitrogens with zero attached hydrogens (tertiary/aromatic N) is 3. The predicted octanol–water partition coefficient (Wildman–Crippen LogP) is 4.22. The first-order chi connectivity index (χ1) is 17.4. The SMILES string of the molecule is Cc1cc(OCC2(CC(=O)N3CCCCC3)CN(C(=O)c3ccc4nc[nH]c4c3)CCO2)ccc1Cl. The van der Waals surface area contributed by atoms with E-state index in [2.05, 4.69) is 9.97 Å². The number of piperidine rings is 1. The van der Waals surface area contributed by atoms with Crippen LogP contribution in [-0.4, -0.2) is 76.6 Å². The van der Waals surface area contributed by atoms with Crippen LogP contribution in [0.15, 0.2) is 42.7 Å². The van der Waals surface area contributed by atoms with Crippen molar-refractivity contribution in [2.75, 3.05) is 39.4 Å². The molecule has 1 N–H and O–H groups in total. The molecule has 0 saturated carbocycles. The molecule has 2 saturated heterocycles. The van der Waals surface area contributed by atoms with Gasteiger partial charge in [-0.15, -0.1) is 0 Å². The summed E-state index contributed by atoms with van der Waals surface area (Å²) in [5.41, 5.74) is 2.14. The molecule has 5 rings (SSSR count). The van der Waals surface area contributed by atoms with Crippen LogP contribution in [0.5, 0.6) is 5.75 Å². The first kappa shape index (κ1) is 24.6. The highest BCUT2D eigenvalue weighted by molar-refractivity contribution is 6.31. The van der Waals surface area contributed by atoms with Crippen molar-refractivity contribution in [1.82, 2.24) is 19.8 Å². The number of carbonyl (C=O) groups is 2. The Balaban J connectivity index is 1.37. The minimum atomic E-state index is -0.950. The number of hydrogen-bond donors (Lipinski definition) is 1. The van der Waals surface area contributed by atoms with Crippen molar-refractivity contribution >= 4 is 34.4 Å². The molecule has 2 aliphatic heterocycles. The molecule has 190 valence electrons. The van der Waals surface area contributed by atoms with Crippen molar-refractivity contribution in [3.63, 3.8) is 0 Å². The summed E-state index contributed by atoms with van der Waals surface area (Å²) in [5, 5.41) is 0.664. The van der Waals surface area contributed by atoms with Crippen LogP contribution in [-0.2, 0) is 9.53 Å². The zero-order valence-corrected chi connectivity index (χ0v) is 21.2. The van der Waals surface area contributed by atoms with E-state index in [4.69, 9.17) is 21.1 Å². The van der Waals surface area contributed by atoms with Crippen LogP contribution < -0.4 is 4.74 Å². The maximum atomic E-state index is 13.5. The van der Waals surface area contributed by atoms with Crippen LogP contribution in [0.4, 0.5) is 0 Å². The Hall–Kier alpha value is -3.10. The molecule has 0 bridgehead atoms. The molecule has 1 unspecified atom stereocenters. The van der Waals surface area contributed by atoms with Gasteiger partial charge in [-0.25, -0.2) is 4.98 Å². The maximum Gasteiger partial charge on any atom is 0.254 e. The monoisotopic (exact) mass is 510 g/mol. The number of ether oxygens (including phenoxy) is 2. The molecule has 1 aromatic heterocycles. The van der Waals surface area contributed by atoms with Crippen molar-refractivity contribution < 1.29 is 19.1 Å². The number of likely N-dealkylation sites (tertiary alicyclic amines) is 1. The molecule has 1 atom stereocenters. The largest absolute Gasteiger partial charge is 0.490 e. The number of morpholine rings is 1. The van der Waals surface area contributed by atoms with Gasteiger partial charge in [0.1, 0.15) is 18.0 Å². The number of carbonyl (C=O) groups excluding carboxylic acids is 2. The van der Waals surface area contributed by atoms with E-state index in [1.165, 1.54) is 0 Å². The molecule has 8 nitrogen and oxygen atoms in total. The molecule has 0 aliphatic carbocycles. The van der Waals surface area contributed by atoms with Gasteiger partial charge in [-0.2, -0.15) is 0 Å². The molecular formula is C27H31ClN4O4. The first-order valence-electron chi connectivity index (χ1n) is 12.5. The third-order valence-electron chi connectivity index (χ3n) is 7.02. The fourth-order valence-corrected chi connectivity index (χ4v) is 5.08. The average Bonchev–Trinajstić information content (AvgIpc) is 3.38. The molecule has 3 heterocycles. The summed E-state index contributed by atoms with van der Waals surface area (Å²) in [6.45, 7) is 4.63. The maximum absolute atomic E-state index is 13.5. The molecule has 2 fully saturated rings. The number of rotatable bonds is 6. The highest BCUT2D eigenvalue weighted by Gasteiger charge is 2.42. The van der Waals surface area contributed by atoms with Crippen LogP contribution in [0, 0.1) is 6.92 Å². The van der Waals surface area contributed by atoms with Crippen LogP contribution in [0.3, 0.4) is 0 Å². The fraction of sp³-hybridized carbons (Fsp3) is 0.444. The van der Waals surface area contributed by atoms with E-state index >= 15 is 0 Å². The Labute approximate surface area is 215 Å². The third kappa shape index (κ3) is 5.34. The number of benzene rings is 2. The van der Waals surface area contributed by atoms with E-state index in [9.17, 15) is 9.59 Å². The summed E-state index contributed by atoms with van der Waals surface area (Å²) >= 11 is 6.17. The number of aryl methyl sites for hydroxylation is 1. The summed E-state index contributed by atoms with van der Waals surface area (Å²) in [6, 6.07) is 10.9. The van der Waals surface area contributed by atoms with E-state index < -0.39 is 5.60 Å². The average molecular weight is 511 g/mol. The molecule has 3 aromatic rings. The van der Waals surface area contributed by atoms with Crippen molar-refractivity contribution in [2.24, 2.45) is 0 Å². The number of hydrogen-bond acceptors (Lipinski definition) is 5. The summed E-state index contributed by atoms with van der Waals surface area (Å²) in [5.74, 6) is 0.587. The number of halogens is 1. The van der Waals surface area contributed by atoms with Gasteiger partial charge < -0.3 is 24.3 Å². The Bertz CT molecular complexity index is 1260. The molecular weight excluding hydrogens is 480 g/mol. The molecule has 36 heavy (non-hydrogen) atoms. The molecule has 2 amide bonds. The quantitative estimate of drug-likeness (QED) is 0.536. The van der Waals surface area contributed by atoms with Gasteiger partial charge in [-0.1, -0.05) is 11.6 Å². The highest BCUT2D eigenvalue weighted by atomic mass is 35.5. The van der Waals surface area contributed by atoms with Gasteiger partial charge in [0, 0.05) is 30.2 Å². The van der Waals surface area contributed by atoms with E-state index in [1.54, 1.807) is 29.4 Å². The highest BCUT2D eigenvalue weighted by Crippen LogP contribution is 2.29. The standard InChI is InChI=1S/C27H31ClN4O4/c1-19-13-21(6-7-22(19)28)35-17-27(15-25(33)31-9-3-2-4-10-31)16-32(11-12-36-27)26(34)20-5-8-23-24(14-20)30-18-29-23/h5-8,13-14,18H,2-4,9-12,15-17H2,1H3,(H,29,30). The lowest BCUT2D eigenvalue weighted by Gasteiger charge is -2.43. The normalized spacial score (nSPS) is 20.5. The number of imidazole rings is 1. The zero-order valence-electron chi connectivity index (χ0n) is 20.5. The third-order valence-corrected chi connectivity index (χ3v) is 7.44. The number of amides is 2. The second kappa shape index (κ2) is 10.5. The second-order valence-electron chi connectivity index (χ2n) is 9.71. The Morgan fingerprint density at radius 1 is 1.11 bits per heavy atom. The van der Waals surface area contributed by atoms with Crippen molar-refractivity contribution in [1.29, 1.82) is 0 Å². The van der Waals surface area contributed by atoms with E-state index in [1.807, 2.05) is 30.0 Å². The zero-order chi connectivity index (χ0) is 25.1. The lowest BCUT2D eigenvalue weighted by Crippen LogP contribution is -2.58. The van der Waals surface area contributed by atoms with Gasteiger partial charge in [0.25, 0.3) is 5.91 Å². The smallest absolute Gasteiger partial charge is 0.254 e. The van der Waals surface area contributed by atoms with Crippen LogP contribution in [0.2, 0.25) is 5.02 Å². The summed E-state index contributed by atoms with van der Waals surface area (Å²) < 4.78 is 12.4. The number of nitrogens with one attached hydrogen (secondary N) is 1. The predicted molar refractivity (Wildman–Crippen MR) is 137 cm³/mol. The van der Waals surface area contributed by atoms with Crippen molar-refractivity contribution in [2.45, 2.75) is 38.2 Å². The minimum Gasteiger partial charge on any atom is -0.490 e. The lowest BCUT2D eigenvalue weighted by molar-refractivity contribution is -0.153. The van der Waals surface area contributed by atoms with Gasteiger partial charge in [0.05, 0.1) is 36.9 Å². The number of H-pyrrole nitrogens is 1. The molecule has 2 aliphatic rings. The van der Waals surface area contributed by atoms with Crippen molar-refractivity contribution in [3.05, 3.63) is 58.9 Å². The minimum absolute atomic E-state index is 0.0405. The number of aromatic amines is 1. The van der Waals surface area contributed by atoms with E-state index in [-0.39, 0.29) is 31.4 Å². The Kier molecular flexibility index (Phi) is 7.16. The van der Waals surface area contributed by atoms with Gasteiger partial charge >= 0.3 is 0 Å². The Morgan fingerprint density at radius 2 is 1.94 bits per heavy atom. The molecule has 2 aromatic carbocycles. The topological polar surface area (TPSA) is 87.8 Å². The van der Waals surface area contributed by atoms with Gasteiger partial charge in [0.15, 0.2) is 0 Å². The van der Waals surface area contributed by atoms with Crippen molar-refractivity contribution in [3.8, 4) is 5.75 Å².